The molecule has 1 heterocycles. The van der Waals surface area contributed by atoms with E-state index in [1.807, 2.05) is 18.2 Å². The molecule has 128 valence electrons. The normalized spacial score (nSPS) is 15.6. The molecule has 0 saturated carbocycles. The van der Waals surface area contributed by atoms with Gasteiger partial charge < -0.3 is 9.64 Å². The van der Waals surface area contributed by atoms with E-state index >= 15 is 0 Å². The van der Waals surface area contributed by atoms with E-state index < -0.39 is 0 Å². The van der Waals surface area contributed by atoms with Crippen molar-refractivity contribution in [2.45, 2.75) is 20.4 Å². The lowest BCUT2D eigenvalue weighted by atomic mass is 10.0. The lowest BCUT2D eigenvalue weighted by Gasteiger charge is -2.36. The maximum Gasteiger partial charge on any atom is 0.122 e. The van der Waals surface area contributed by atoms with Gasteiger partial charge in [-0.2, -0.15) is 0 Å². The summed E-state index contributed by atoms with van der Waals surface area (Å²) < 4.78 is 5.41. The van der Waals surface area contributed by atoms with Crippen LogP contribution >= 0.6 is 11.6 Å². The summed E-state index contributed by atoms with van der Waals surface area (Å²) in [6, 6.07) is 12.4. The molecule has 0 spiro atoms. The summed E-state index contributed by atoms with van der Waals surface area (Å²) in [5.41, 5.74) is 5.20. The highest BCUT2D eigenvalue weighted by atomic mass is 35.5. The molecule has 24 heavy (non-hydrogen) atoms. The molecular weight excluding hydrogens is 320 g/mol. The molecule has 2 aromatic rings. The topological polar surface area (TPSA) is 15.7 Å². The largest absolute Gasteiger partial charge is 0.496 e. The Hall–Kier alpha value is -1.71. The van der Waals surface area contributed by atoms with E-state index in [-0.39, 0.29) is 0 Å². The number of anilines is 1. The number of nitrogens with zero attached hydrogens (tertiary/aromatic N) is 2. The maximum absolute atomic E-state index is 6.11. The van der Waals surface area contributed by atoms with Crippen molar-refractivity contribution in [2.75, 3.05) is 38.2 Å². The molecule has 1 saturated heterocycles. The van der Waals surface area contributed by atoms with Gasteiger partial charge in [-0.1, -0.05) is 23.7 Å². The van der Waals surface area contributed by atoms with Gasteiger partial charge in [0.25, 0.3) is 0 Å². The summed E-state index contributed by atoms with van der Waals surface area (Å²) in [6.45, 7) is 9.53. The van der Waals surface area contributed by atoms with Crippen LogP contribution in [0.2, 0.25) is 5.02 Å². The molecule has 0 amide bonds. The van der Waals surface area contributed by atoms with E-state index in [1.54, 1.807) is 7.11 Å². The molecule has 3 nitrogen and oxygen atoms in total. The Morgan fingerprint density at radius 3 is 2.42 bits per heavy atom. The first-order valence-corrected chi connectivity index (χ1v) is 8.82. The molecule has 0 unspecified atom stereocenters. The Morgan fingerprint density at radius 2 is 1.75 bits per heavy atom. The first-order valence-electron chi connectivity index (χ1n) is 8.44. The monoisotopic (exact) mass is 344 g/mol. The molecule has 0 bridgehead atoms. The second-order valence-electron chi connectivity index (χ2n) is 6.42. The Labute approximate surface area is 149 Å². The van der Waals surface area contributed by atoms with Crippen molar-refractivity contribution >= 4 is 17.3 Å². The highest BCUT2D eigenvalue weighted by molar-refractivity contribution is 6.30. The van der Waals surface area contributed by atoms with Crippen molar-refractivity contribution in [3.8, 4) is 5.75 Å². The Kier molecular flexibility index (Phi) is 5.32. The van der Waals surface area contributed by atoms with Crippen LogP contribution in [0, 0.1) is 13.8 Å². The first-order chi connectivity index (χ1) is 11.6. The molecule has 3 rings (SSSR count). The van der Waals surface area contributed by atoms with Crippen molar-refractivity contribution < 1.29 is 4.74 Å². The van der Waals surface area contributed by atoms with E-state index in [4.69, 9.17) is 16.3 Å². The number of hydrogen-bond acceptors (Lipinski definition) is 3. The van der Waals surface area contributed by atoms with Crippen LogP contribution in [0.1, 0.15) is 16.7 Å². The molecule has 2 aromatic carbocycles. The van der Waals surface area contributed by atoms with Gasteiger partial charge in [0.1, 0.15) is 5.75 Å². The Morgan fingerprint density at radius 1 is 1.00 bits per heavy atom. The Bertz CT molecular complexity index is 709. The van der Waals surface area contributed by atoms with Crippen molar-refractivity contribution in [1.82, 2.24) is 4.90 Å². The molecular formula is C20H25ClN2O. The predicted molar refractivity (Wildman–Crippen MR) is 101 cm³/mol. The number of ether oxygens (including phenoxy) is 1. The molecule has 0 aliphatic carbocycles. The SMILES string of the molecule is COc1ccc(CN2CCN(c3cccc(Cl)c3)CC2)c(C)c1C. The predicted octanol–water partition coefficient (Wildman–Crippen LogP) is 4.29. The van der Waals surface area contributed by atoms with Crippen LogP contribution < -0.4 is 9.64 Å². The van der Waals surface area contributed by atoms with E-state index in [0.29, 0.717) is 0 Å². The molecule has 0 atom stereocenters. The summed E-state index contributed by atoms with van der Waals surface area (Å²) in [5.74, 6) is 0.974. The summed E-state index contributed by atoms with van der Waals surface area (Å²) in [5, 5.41) is 0.805. The van der Waals surface area contributed by atoms with Gasteiger partial charge in [-0.05, 0) is 54.8 Å². The molecule has 0 N–H and O–H groups in total. The summed E-state index contributed by atoms with van der Waals surface area (Å²) in [6.07, 6.45) is 0. The minimum atomic E-state index is 0.805. The van der Waals surface area contributed by atoms with E-state index in [0.717, 1.165) is 43.5 Å². The van der Waals surface area contributed by atoms with Gasteiger partial charge in [-0.3, -0.25) is 4.90 Å². The summed E-state index contributed by atoms with van der Waals surface area (Å²) in [7, 11) is 1.73. The van der Waals surface area contributed by atoms with Crippen molar-refractivity contribution in [2.24, 2.45) is 0 Å². The second-order valence-corrected chi connectivity index (χ2v) is 6.86. The highest BCUT2D eigenvalue weighted by Crippen LogP contribution is 2.26. The van der Waals surface area contributed by atoms with Gasteiger partial charge >= 0.3 is 0 Å². The van der Waals surface area contributed by atoms with Crippen molar-refractivity contribution in [3.05, 3.63) is 58.1 Å². The van der Waals surface area contributed by atoms with Gasteiger partial charge in [0.05, 0.1) is 7.11 Å². The molecule has 1 aliphatic rings. The highest BCUT2D eigenvalue weighted by Gasteiger charge is 2.18. The lowest BCUT2D eigenvalue weighted by molar-refractivity contribution is 0.249. The van der Waals surface area contributed by atoms with E-state index in [2.05, 4.69) is 41.8 Å². The third-order valence-corrected chi connectivity index (χ3v) is 5.24. The second kappa shape index (κ2) is 7.45. The number of hydrogen-bond donors (Lipinski definition) is 0. The van der Waals surface area contributed by atoms with Crippen molar-refractivity contribution in [3.63, 3.8) is 0 Å². The van der Waals surface area contributed by atoms with E-state index in [9.17, 15) is 0 Å². The van der Waals surface area contributed by atoms with Gasteiger partial charge in [0.2, 0.25) is 0 Å². The van der Waals surface area contributed by atoms with Crippen LogP contribution in [0.3, 0.4) is 0 Å². The zero-order valence-electron chi connectivity index (χ0n) is 14.7. The Balaban J connectivity index is 1.63. The summed E-state index contributed by atoms with van der Waals surface area (Å²) in [4.78, 5) is 4.93. The smallest absolute Gasteiger partial charge is 0.122 e. The number of methoxy groups -OCH3 is 1. The van der Waals surface area contributed by atoms with Crippen LogP contribution in [0.25, 0.3) is 0 Å². The summed E-state index contributed by atoms with van der Waals surface area (Å²) >= 11 is 6.11. The minimum absolute atomic E-state index is 0.805. The maximum atomic E-state index is 6.11. The van der Waals surface area contributed by atoms with Gasteiger partial charge in [0.15, 0.2) is 0 Å². The molecule has 1 fully saturated rings. The lowest BCUT2D eigenvalue weighted by Crippen LogP contribution is -2.46. The average molecular weight is 345 g/mol. The molecule has 0 radical (unpaired) electrons. The number of piperazine rings is 1. The molecule has 1 aliphatic heterocycles. The quantitative estimate of drug-likeness (QED) is 0.823. The molecule has 0 aromatic heterocycles. The fourth-order valence-corrected chi connectivity index (χ4v) is 3.51. The van der Waals surface area contributed by atoms with E-state index in [1.165, 1.54) is 22.4 Å². The zero-order valence-corrected chi connectivity index (χ0v) is 15.4. The molecule has 4 heteroatoms. The number of benzene rings is 2. The van der Waals surface area contributed by atoms with Crippen LogP contribution in [0.5, 0.6) is 5.75 Å². The third kappa shape index (κ3) is 3.68. The van der Waals surface area contributed by atoms with Crippen LogP contribution in [-0.4, -0.2) is 38.2 Å². The van der Waals surface area contributed by atoms with Crippen LogP contribution in [-0.2, 0) is 6.54 Å². The minimum Gasteiger partial charge on any atom is -0.496 e. The number of halogens is 1. The fraction of sp³-hybridized carbons (Fsp3) is 0.400. The average Bonchev–Trinajstić information content (AvgIpc) is 2.60. The third-order valence-electron chi connectivity index (χ3n) is 5.01. The van der Waals surface area contributed by atoms with Crippen LogP contribution in [0.15, 0.2) is 36.4 Å². The number of rotatable bonds is 4. The zero-order chi connectivity index (χ0) is 17.1. The van der Waals surface area contributed by atoms with Crippen molar-refractivity contribution in [1.29, 1.82) is 0 Å². The van der Waals surface area contributed by atoms with Gasteiger partial charge in [-0.15, -0.1) is 0 Å². The first kappa shape index (κ1) is 17.1. The van der Waals surface area contributed by atoms with Crippen LogP contribution in [0.4, 0.5) is 5.69 Å². The fourth-order valence-electron chi connectivity index (χ4n) is 3.32. The van der Waals surface area contributed by atoms with Gasteiger partial charge in [-0.25, -0.2) is 0 Å². The standard InChI is InChI=1S/C20H25ClN2O/c1-15-16(2)20(24-3)8-7-17(15)14-22-9-11-23(12-10-22)19-6-4-5-18(21)13-19/h4-8,13H,9-12,14H2,1-3H3. The van der Waals surface area contributed by atoms with Gasteiger partial charge in [0, 0.05) is 43.4 Å².